The summed E-state index contributed by atoms with van der Waals surface area (Å²) in [5.41, 5.74) is 1.57. The Labute approximate surface area is 123 Å². The number of carbonyl (C=O) groups is 1. The molecule has 2 heteroatoms. The minimum absolute atomic E-state index is 0.0806. The number of carbonyl (C=O) groups excluding carboxylic acids is 1. The van der Waals surface area contributed by atoms with Crippen LogP contribution in [0.25, 0.3) is 16.8 Å². The van der Waals surface area contributed by atoms with Gasteiger partial charge in [0.25, 0.3) is 0 Å². The number of phenolic OH excluding ortho intramolecular Hbond substituents is 1. The summed E-state index contributed by atoms with van der Waals surface area (Å²) in [6.45, 7) is 0. The summed E-state index contributed by atoms with van der Waals surface area (Å²) < 4.78 is 0. The van der Waals surface area contributed by atoms with Crippen LogP contribution < -0.4 is 0 Å². The molecule has 0 radical (unpaired) electrons. The molecule has 0 bridgehead atoms. The summed E-state index contributed by atoms with van der Waals surface area (Å²) >= 11 is 0. The van der Waals surface area contributed by atoms with Crippen LogP contribution >= 0.6 is 0 Å². The number of hydrogen-bond donors (Lipinski definition) is 1. The van der Waals surface area contributed by atoms with E-state index in [2.05, 4.69) is 12.1 Å². The van der Waals surface area contributed by atoms with Gasteiger partial charge in [0.05, 0.1) is 0 Å². The molecular weight excluding hydrogens is 260 g/mol. The quantitative estimate of drug-likeness (QED) is 0.566. The van der Waals surface area contributed by atoms with E-state index < -0.39 is 0 Å². The standard InChI is InChI=1S/C19H14O2/c20-17-11-8-16(9-12-17)19(21)13-10-15-6-3-5-14-4-1-2-7-18(14)15/h1-13,20H/b13-10+. The topological polar surface area (TPSA) is 37.3 Å². The molecule has 0 aliphatic carbocycles. The summed E-state index contributed by atoms with van der Waals surface area (Å²) in [4.78, 5) is 12.1. The Morgan fingerprint density at radius 1 is 0.857 bits per heavy atom. The summed E-state index contributed by atoms with van der Waals surface area (Å²) in [5.74, 6) is 0.0764. The highest BCUT2D eigenvalue weighted by Gasteiger charge is 2.02. The summed E-state index contributed by atoms with van der Waals surface area (Å²) in [6, 6.07) is 20.4. The van der Waals surface area contributed by atoms with Crippen LogP contribution in [0.2, 0.25) is 0 Å². The first-order valence-corrected chi connectivity index (χ1v) is 6.73. The lowest BCUT2D eigenvalue weighted by atomic mass is 10.0. The molecule has 21 heavy (non-hydrogen) atoms. The van der Waals surface area contributed by atoms with E-state index >= 15 is 0 Å². The zero-order valence-electron chi connectivity index (χ0n) is 11.4. The third kappa shape index (κ3) is 2.84. The molecule has 102 valence electrons. The fourth-order valence-corrected chi connectivity index (χ4v) is 2.28. The predicted octanol–water partition coefficient (Wildman–Crippen LogP) is 4.44. The second-order valence-electron chi connectivity index (χ2n) is 4.81. The number of allylic oxidation sites excluding steroid dienone is 1. The van der Waals surface area contributed by atoms with E-state index in [9.17, 15) is 9.90 Å². The van der Waals surface area contributed by atoms with Gasteiger partial charge in [-0.2, -0.15) is 0 Å². The highest BCUT2D eigenvalue weighted by atomic mass is 16.3. The molecular formula is C19H14O2. The molecule has 3 aromatic carbocycles. The molecule has 0 aliphatic rings. The van der Waals surface area contributed by atoms with Crippen molar-refractivity contribution < 1.29 is 9.90 Å². The number of fused-ring (bicyclic) bond motifs is 1. The van der Waals surface area contributed by atoms with Crippen molar-refractivity contribution in [2.24, 2.45) is 0 Å². The number of benzene rings is 3. The molecule has 0 atom stereocenters. The monoisotopic (exact) mass is 274 g/mol. The van der Waals surface area contributed by atoms with Crippen molar-refractivity contribution in [1.82, 2.24) is 0 Å². The highest BCUT2D eigenvalue weighted by Crippen LogP contribution is 2.20. The van der Waals surface area contributed by atoms with Crippen molar-refractivity contribution in [2.45, 2.75) is 0 Å². The van der Waals surface area contributed by atoms with E-state index in [4.69, 9.17) is 0 Å². The van der Waals surface area contributed by atoms with Crippen molar-refractivity contribution in [1.29, 1.82) is 0 Å². The Kier molecular flexibility index (Phi) is 3.52. The third-order valence-electron chi connectivity index (χ3n) is 3.39. The summed E-state index contributed by atoms with van der Waals surface area (Å²) in [5, 5.41) is 11.5. The molecule has 0 unspecified atom stereocenters. The van der Waals surface area contributed by atoms with Gasteiger partial charge in [0, 0.05) is 5.56 Å². The first-order valence-electron chi connectivity index (χ1n) is 6.73. The van der Waals surface area contributed by atoms with Gasteiger partial charge >= 0.3 is 0 Å². The first kappa shape index (κ1) is 13.1. The lowest BCUT2D eigenvalue weighted by Gasteiger charge is -2.01. The van der Waals surface area contributed by atoms with Crippen LogP contribution in [-0.4, -0.2) is 10.9 Å². The second-order valence-corrected chi connectivity index (χ2v) is 4.81. The SMILES string of the molecule is O=C(/C=C/c1cccc2ccccc12)c1ccc(O)cc1. The lowest BCUT2D eigenvalue weighted by molar-refractivity contribution is 0.104. The molecule has 0 saturated heterocycles. The molecule has 2 nitrogen and oxygen atoms in total. The van der Waals surface area contributed by atoms with Crippen molar-refractivity contribution in [3.8, 4) is 5.75 Å². The Balaban J connectivity index is 1.91. The zero-order chi connectivity index (χ0) is 14.7. The van der Waals surface area contributed by atoms with Crippen LogP contribution in [0.15, 0.2) is 72.8 Å². The molecule has 1 N–H and O–H groups in total. The van der Waals surface area contributed by atoms with Crippen LogP contribution in [-0.2, 0) is 0 Å². The largest absolute Gasteiger partial charge is 0.508 e. The molecule has 3 rings (SSSR count). The smallest absolute Gasteiger partial charge is 0.185 e. The van der Waals surface area contributed by atoms with E-state index in [0.29, 0.717) is 5.56 Å². The Bertz CT molecular complexity index is 809. The van der Waals surface area contributed by atoms with E-state index in [0.717, 1.165) is 16.3 Å². The van der Waals surface area contributed by atoms with E-state index in [1.165, 1.54) is 12.1 Å². The molecule has 0 fully saturated rings. The van der Waals surface area contributed by atoms with Gasteiger partial charge in [0.2, 0.25) is 0 Å². The normalized spacial score (nSPS) is 11.0. The number of aromatic hydroxyl groups is 1. The van der Waals surface area contributed by atoms with Gasteiger partial charge in [-0.1, -0.05) is 48.5 Å². The van der Waals surface area contributed by atoms with Crippen LogP contribution in [0.5, 0.6) is 5.75 Å². The average molecular weight is 274 g/mol. The van der Waals surface area contributed by atoms with Gasteiger partial charge < -0.3 is 5.11 Å². The Morgan fingerprint density at radius 2 is 1.57 bits per heavy atom. The molecule has 0 aromatic heterocycles. The summed E-state index contributed by atoms with van der Waals surface area (Å²) in [7, 11) is 0. The third-order valence-corrected chi connectivity index (χ3v) is 3.39. The van der Waals surface area contributed by atoms with Crippen LogP contribution in [0.3, 0.4) is 0 Å². The highest BCUT2D eigenvalue weighted by molar-refractivity contribution is 6.07. The molecule has 0 saturated carbocycles. The van der Waals surface area contributed by atoms with Crippen molar-refractivity contribution in [2.75, 3.05) is 0 Å². The van der Waals surface area contributed by atoms with Gasteiger partial charge in [-0.3, -0.25) is 4.79 Å². The number of rotatable bonds is 3. The Hall–Kier alpha value is -2.87. The van der Waals surface area contributed by atoms with E-state index in [1.54, 1.807) is 18.2 Å². The first-order chi connectivity index (χ1) is 10.2. The predicted molar refractivity (Wildman–Crippen MR) is 85.4 cm³/mol. The zero-order valence-corrected chi connectivity index (χ0v) is 11.4. The minimum atomic E-state index is -0.0806. The molecule has 0 amide bonds. The summed E-state index contributed by atoms with van der Waals surface area (Å²) in [6.07, 6.45) is 3.39. The maximum atomic E-state index is 12.1. The lowest BCUT2D eigenvalue weighted by Crippen LogP contribution is -1.93. The van der Waals surface area contributed by atoms with Gasteiger partial charge in [0.1, 0.15) is 5.75 Å². The van der Waals surface area contributed by atoms with Gasteiger partial charge in [0.15, 0.2) is 5.78 Å². The van der Waals surface area contributed by atoms with Gasteiger partial charge in [-0.05, 0) is 46.7 Å². The average Bonchev–Trinajstić information content (AvgIpc) is 2.53. The van der Waals surface area contributed by atoms with Crippen LogP contribution in [0.4, 0.5) is 0 Å². The number of phenols is 1. The Morgan fingerprint density at radius 3 is 2.38 bits per heavy atom. The maximum absolute atomic E-state index is 12.1. The van der Waals surface area contributed by atoms with Crippen LogP contribution in [0.1, 0.15) is 15.9 Å². The fraction of sp³-hybridized carbons (Fsp3) is 0. The maximum Gasteiger partial charge on any atom is 0.185 e. The van der Waals surface area contributed by atoms with Crippen molar-refractivity contribution in [3.05, 3.63) is 83.9 Å². The molecule has 0 heterocycles. The fourth-order valence-electron chi connectivity index (χ4n) is 2.28. The molecule has 0 aliphatic heterocycles. The number of ketones is 1. The minimum Gasteiger partial charge on any atom is -0.508 e. The molecule has 3 aromatic rings. The van der Waals surface area contributed by atoms with Crippen molar-refractivity contribution in [3.63, 3.8) is 0 Å². The number of hydrogen-bond acceptors (Lipinski definition) is 2. The second kappa shape index (κ2) is 5.63. The van der Waals surface area contributed by atoms with Crippen LogP contribution in [0, 0.1) is 0 Å². The van der Waals surface area contributed by atoms with E-state index in [1.807, 2.05) is 36.4 Å². The van der Waals surface area contributed by atoms with Crippen molar-refractivity contribution >= 4 is 22.6 Å². The van der Waals surface area contributed by atoms with E-state index in [-0.39, 0.29) is 11.5 Å². The van der Waals surface area contributed by atoms with Gasteiger partial charge in [-0.15, -0.1) is 0 Å². The van der Waals surface area contributed by atoms with Gasteiger partial charge in [-0.25, -0.2) is 0 Å². The molecule has 0 spiro atoms.